The number of benzene rings is 1. The number of piperidine rings is 1. The first-order valence-electron chi connectivity index (χ1n) is 12.6. The van der Waals surface area contributed by atoms with Crippen LogP contribution in [0.4, 0.5) is 4.39 Å². The van der Waals surface area contributed by atoms with Crippen molar-refractivity contribution in [1.29, 1.82) is 0 Å². The lowest BCUT2D eigenvalue weighted by Crippen LogP contribution is -2.50. The van der Waals surface area contributed by atoms with Gasteiger partial charge < -0.3 is 29.2 Å². The van der Waals surface area contributed by atoms with Crippen LogP contribution in [0.3, 0.4) is 0 Å². The first kappa shape index (κ1) is 23.7. The number of imidazole rings is 1. The van der Waals surface area contributed by atoms with E-state index in [0.717, 1.165) is 34.6 Å². The number of pyridine rings is 1. The Hall–Kier alpha value is -3.66. The quantitative estimate of drug-likeness (QED) is 0.430. The minimum absolute atomic E-state index is 0.0398. The highest BCUT2D eigenvalue weighted by molar-refractivity contribution is 6.00. The van der Waals surface area contributed by atoms with E-state index in [1.807, 2.05) is 23.7 Å². The summed E-state index contributed by atoms with van der Waals surface area (Å²) < 4.78 is 29.4. The smallest absolute Gasteiger partial charge is 0.254 e. The Kier molecular flexibility index (Phi) is 5.78. The summed E-state index contributed by atoms with van der Waals surface area (Å²) in [6.07, 6.45) is 1.54. The molecule has 2 fully saturated rings. The second-order valence-electron chi connectivity index (χ2n) is 10.2. The third kappa shape index (κ3) is 4.19. The maximum atomic E-state index is 14.1. The van der Waals surface area contributed by atoms with Gasteiger partial charge >= 0.3 is 0 Å². The highest BCUT2D eigenvalue weighted by atomic mass is 19.1. The fraction of sp³-hybridized carbons (Fsp3) is 0.444. The summed E-state index contributed by atoms with van der Waals surface area (Å²) in [6, 6.07) is 9.05. The van der Waals surface area contributed by atoms with E-state index in [-0.39, 0.29) is 24.9 Å². The Balaban J connectivity index is 1.47. The number of ether oxygens (including phenoxy) is 2. The molecule has 1 saturated carbocycles. The number of hydrogen-bond donors (Lipinski definition) is 1. The number of alkyl halides is 1. The lowest BCUT2D eigenvalue weighted by Gasteiger charge is -2.33. The van der Waals surface area contributed by atoms with Crippen LogP contribution in [0, 0.1) is 5.92 Å². The Morgan fingerprint density at radius 2 is 1.95 bits per heavy atom. The van der Waals surface area contributed by atoms with Crippen molar-refractivity contribution in [3.8, 4) is 23.1 Å². The number of aryl methyl sites for hydroxylation is 1. The lowest BCUT2D eigenvalue weighted by atomic mass is 10.0. The van der Waals surface area contributed by atoms with Gasteiger partial charge in [0.15, 0.2) is 5.82 Å². The van der Waals surface area contributed by atoms with Crippen LogP contribution in [0.1, 0.15) is 29.6 Å². The van der Waals surface area contributed by atoms with Crippen molar-refractivity contribution < 1.29 is 18.7 Å². The molecule has 4 aromatic rings. The van der Waals surface area contributed by atoms with Crippen LogP contribution in [-0.4, -0.2) is 69.4 Å². The number of halogens is 1. The summed E-state index contributed by atoms with van der Waals surface area (Å²) in [5.74, 6) is 2.19. The highest BCUT2D eigenvalue weighted by Gasteiger charge is 2.30. The molecule has 3 aromatic heterocycles. The van der Waals surface area contributed by atoms with Crippen molar-refractivity contribution in [2.45, 2.75) is 38.0 Å². The van der Waals surface area contributed by atoms with Gasteiger partial charge in [0.1, 0.15) is 23.1 Å². The average Bonchev–Trinajstić information content (AvgIpc) is 3.56. The van der Waals surface area contributed by atoms with E-state index in [1.165, 1.54) is 17.7 Å². The number of fused-ring (bicyclic) bond motifs is 2. The third-order valence-electron chi connectivity index (χ3n) is 7.41. The van der Waals surface area contributed by atoms with E-state index in [2.05, 4.69) is 10.6 Å². The minimum atomic E-state index is -1.12. The molecule has 9 nitrogen and oxygen atoms in total. The van der Waals surface area contributed by atoms with Crippen LogP contribution < -0.4 is 15.2 Å². The van der Waals surface area contributed by atoms with Crippen molar-refractivity contribution >= 4 is 28.0 Å². The maximum Gasteiger partial charge on any atom is 0.254 e. The number of hydrogen-bond acceptors (Lipinski definition) is 6. The summed E-state index contributed by atoms with van der Waals surface area (Å²) >= 11 is 0. The van der Waals surface area contributed by atoms with Gasteiger partial charge in [0.05, 0.1) is 32.0 Å². The molecular weight excluding hydrogens is 475 g/mol. The molecule has 0 spiro atoms. The van der Waals surface area contributed by atoms with Crippen LogP contribution in [0.15, 0.2) is 30.3 Å². The number of amides is 1. The molecule has 6 rings (SSSR count). The topological polar surface area (TPSA) is 100 Å². The van der Waals surface area contributed by atoms with Gasteiger partial charge in [-0.3, -0.25) is 4.79 Å². The van der Waals surface area contributed by atoms with Crippen LogP contribution in [0.2, 0.25) is 0 Å². The van der Waals surface area contributed by atoms with Gasteiger partial charge in [0.2, 0.25) is 5.88 Å². The number of methoxy groups -OCH3 is 2. The zero-order valence-electron chi connectivity index (χ0n) is 21.3. The third-order valence-corrected chi connectivity index (χ3v) is 7.41. The Morgan fingerprint density at radius 3 is 2.65 bits per heavy atom. The fourth-order valence-electron chi connectivity index (χ4n) is 5.39. The van der Waals surface area contributed by atoms with Gasteiger partial charge in [0.25, 0.3) is 5.91 Å². The van der Waals surface area contributed by atoms with Crippen LogP contribution >= 0.6 is 0 Å². The van der Waals surface area contributed by atoms with Crippen molar-refractivity contribution in [3.63, 3.8) is 0 Å². The molecule has 1 aromatic carbocycles. The van der Waals surface area contributed by atoms with E-state index in [0.29, 0.717) is 35.2 Å². The number of nitrogens with zero attached hydrogens (tertiary/aromatic N) is 5. The molecule has 2 aliphatic rings. The fourth-order valence-corrected chi connectivity index (χ4v) is 5.39. The number of likely N-dealkylation sites (tertiary alicyclic amines) is 1. The van der Waals surface area contributed by atoms with Gasteiger partial charge in [-0.25, -0.2) is 9.37 Å². The number of carbonyl (C=O) groups excluding carboxylic acids is 1. The van der Waals surface area contributed by atoms with Crippen LogP contribution in [0.5, 0.6) is 11.6 Å². The summed E-state index contributed by atoms with van der Waals surface area (Å²) in [7, 11) is 5.13. The summed E-state index contributed by atoms with van der Waals surface area (Å²) in [6.45, 7) is 1.21. The van der Waals surface area contributed by atoms with Crippen molar-refractivity contribution in [3.05, 3.63) is 35.9 Å². The molecule has 0 bridgehead atoms. The number of aromatic nitrogens is 4. The molecule has 37 heavy (non-hydrogen) atoms. The van der Waals surface area contributed by atoms with Crippen LogP contribution in [-0.2, 0) is 13.6 Å². The molecule has 1 aliphatic heterocycles. The summed E-state index contributed by atoms with van der Waals surface area (Å²) in [4.78, 5) is 24.5. The van der Waals surface area contributed by atoms with E-state index >= 15 is 0 Å². The lowest BCUT2D eigenvalue weighted by molar-refractivity contribution is 0.0606. The number of nitrogens with two attached hydrogens (primary N) is 1. The second-order valence-corrected chi connectivity index (χ2v) is 10.2. The molecule has 194 valence electrons. The molecule has 1 aliphatic carbocycles. The predicted octanol–water partition coefficient (Wildman–Crippen LogP) is 3.53. The molecule has 10 heteroatoms. The Bertz CT molecular complexity index is 1500. The van der Waals surface area contributed by atoms with Gasteiger partial charge in [0, 0.05) is 43.2 Å². The standard InChI is InChI=1S/C27H31FN6O3/c1-32-24-20(8-17(10-22(24)36-2)27(35)33-13-18(28)11-19(29)14-33)30-26(32)21-9-16-6-7-23(37-3)31-25(16)34(21)12-15-4-5-15/h6-10,15,18-19H,4-5,11-14,29H2,1-3H3/t18-,19-/m1/s1. The monoisotopic (exact) mass is 506 g/mol. The normalized spacial score (nSPS) is 20.1. The maximum absolute atomic E-state index is 14.1. The van der Waals surface area contributed by atoms with Gasteiger partial charge in [-0.1, -0.05) is 0 Å². The zero-order valence-corrected chi connectivity index (χ0v) is 21.3. The zero-order chi connectivity index (χ0) is 25.8. The van der Waals surface area contributed by atoms with E-state index in [9.17, 15) is 9.18 Å². The van der Waals surface area contributed by atoms with Crippen molar-refractivity contribution in [2.24, 2.45) is 18.7 Å². The second kappa shape index (κ2) is 9.02. The Labute approximate surface area is 214 Å². The summed E-state index contributed by atoms with van der Waals surface area (Å²) in [5.41, 5.74) is 9.60. The van der Waals surface area contributed by atoms with Crippen molar-refractivity contribution in [2.75, 3.05) is 27.3 Å². The van der Waals surface area contributed by atoms with E-state index in [1.54, 1.807) is 26.4 Å². The first-order chi connectivity index (χ1) is 17.9. The van der Waals surface area contributed by atoms with Gasteiger partial charge in [-0.2, -0.15) is 4.98 Å². The Morgan fingerprint density at radius 1 is 1.14 bits per heavy atom. The average molecular weight is 507 g/mol. The molecule has 2 atom stereocenters. The van der Waals surface area contributed by atoms with Gasteiger partial charge in [-0.15, -0.1) is 0 Å². The minimum Gasteiger partial charge on any atom is -0.494 e. The molecule has 1 amide bonds. The molecule has 0 radical (unpaired) electrons. The SMILES string of the molecule is COc1ccc2cc(-c3nc4cc(C(=O)N5C[C@H](N)C[C@@H](F)C5)cc(OC)c4n3C)n(CC3CC3)c2n1. The summed E-state index contributed by atoms with van der Waals surface area (Å²) in [5, 5.41) is 1.01. The van der Waals surface area contributed by atoms with Crippen LogP contribution in [0.25, 0.3) is 33.6 Å². The molecule has 4 heterocycles. The molecule has 1 saturated heterocycles. The van der Waals surface area contributed by atoms with E-state index in [4.69, 9.17) is 25.2 Å². The molecular formula is C27H31FN6O3. The first-order valence-corrected chi connectivity index (χ1v) is 12.6. The number of carbonyl (C=O) groups is 1. The highest BCUT2D eigenvalue weighted by Crippen LogP contribution is 2.38. The number of rotatable bonds is 6. The predicted molar refractivity (Wildman–Crippen MR) is 139 cm³/mol. The molecule has 0 unspecified atom stereocenters. The van der Waals surface area contributed by atoms with E-state index < -0.39 is 6.17 Å². The largest absolute Gasteiger partial charge is 0.494 e. The van der Waals surface area contributed by atoms with Crippen molar-refractivity contribution in [1.82, 2.24) is 24.0 Å². The van der Waals surface area contributed by atoms with Gasteiger partial charge in [-0.05, 0) is 49.4 Å². The molecule has 2 N–H and O–H groups in total.